The Hall–Kier alpha value is -1.40. The number of methoxy groups -OCH3 is 1. The van der Waals surface area contributed by atoms with Gasteiger partial charge < -0.3 is 9.84 Å². The van der Waals surface area contributed by atoms with Gasteiger partial charge in [-0.3, -0.25) is 14.8 Å². The topological polar surface area (TPSA) is 76.4 Å². The van der Waals surface area contributed by atoms with E-state index in [1.807, 2.05) is 6.92 Å². The number of carboxylic acid groups (broad SMARTS) is 1. The predicted molar refractivity (Wildman–Crippen MR) is 62.8 cm³/mol. The van der Waals surface area contributed by atoms with E-state index in [2.05, 4.69) is 10.4 Å². The molecule has 96 valence electrons. The number of nitrogens with one attached hydrogen (secondary N) is 1. The number of aromatic nitrogens is 2. The number of aryl methyl sites for hydroxylation is 2. The fraction of sp³-hybridized carbons (Fsp3) is 0.636. The fourth-order valence-corrected chi connectivity index (χ4v) is 1.70. The summed E-state index contributed by atoms with van der Waals surface area (Å²) in [5, 5.41) is 16.4. The highest BCUT2D eigenvalue weighted by Gasteiger charge is 2.23. The summed E-state index contributed by atoms with van der Waals surface area (Å²) in [5.41, 5.74) is 1.53. The van der Waals surface area contributed by atoms with Crippen LogP contribution >= 0.6 is 0 Å². The monoisotopic (exact) mass is 241 g/mol. The van der Waals surface area contributed by atoms with Crippen LogP contribution in [0.2, 0.25) is 0 Å². The SMILES string of the molecule is CCc1nn(C)cc1C(NCCOC)C(=O)O. The molecule has 1 rings (SSSR count). The molecule has 1 aromatic rings. The van der Waals surface area contributed by atoms with Gasteiger partial charge in [-0.2, -0.15) is 5.10 Å². The quantitative estimate of drug-likeness (QED) is 0.673. The van der Waals surface area contributed by atoms with E-state index in [0.717, 1.165) is 11.3 Å². The number of ether oxygens (including phenoxy) is 1. The maximum Gasteiger partial charge on any atom is 0.325 e. The number of hydrogen-bond acceptors (Lipinski definition) is 4. The first-order chi connectivity index (χ1) is 8.10. The van der Waals surface area contributed by atoms with E-state index in [0.29, 0.717) is 19.6 Å². The van der Waals surface area contributed by atoms with Gasteiger partial charge in [-0.05, 0) is 6.42 Å². The summed E-state index contributed by atoms with van der Waals surface area (Å²) in [6.07, 6.45) is 2.46. The lowest BCUT2D eigenvalue weighted by Crippen LogP contribution is -2.31. The molecule has 1 aromatic heterocycles. The molecule has 1 unspecified atom stereocenters. The summed E-state index contributed by atoms with van der Waals surface area (Å²) in [6.45, 7) is 2.93. The average molecular weight is 241 g/mol. The van der Waals surface area contributed by atoms with E-state index in [1.165, 1.54) is 0 Å². The molecule has 0 spiro atoms. The molecule has 6 nitrogen and oxygen atoms in total. The molecule has 0 aromatic carbocycles. The fourth-order valence-electron chi connectivity index (χ4n) is 1.70. The number of hydrogen-bond donors (Lipinski definition) is 2. The van der Waals surface area contributed by atoms with Gasteiger partial charge in [0.1, 0.15) is 6.04 Å². The van der Waals surface area contributed by atoms with E-state index < -0.39 is 12.0 Å². The lowest BCUT2D eigenvalue weighted by molar-refractivity contribution is -0.139. The highest BCUT2D eigenvalue weighted by Crippen LogP contribution is 2.17. The van der Waals surface area contributed by atoms with Crippen LogP contribution in [0.25, 0.3) is 0 Å². The zero-order valence-corrected chi connectivity index (χ0v) is 10.4. The maximum absolute atomic E-state index is 11.2. The van der Waals surface area contributed by atoms with E-state index in [1.54, 1.807) is 25.0 Å². The van der Waals surface area contributed by atoms with Crippen molar-refractivity contribution in [1.29, 1.82) is 0 Å². The molecular weight excluding hydrogens is 222 g/mol. The number of nitrogens with zero attached hydrogens (tertiary/aromatic N) is 2. The molecular formula is C11H19N3O3. The second-order valence-corrected chi connectivity index (χ2v) is 3.78. The van der Waals surface area contributed by atoms with Crippen molar-refractivity contribution < 1.29 is 14.6 Å². The average Bonchev–Trinajstić information content (AvgIpc) is 2.65. The van der Waals surface area contributed by atoms with Crippen molar-refractivity contribution in [3.05, 3.63) is 17.5 Å². The third kappa shape index (κ3) is 3.54. The first-order valence-electron chi connectivity index (χ1n) is 5.57. The largest absolute Gasteiger partial charge is 0.480 e. The summed E-state index contributed by atoms with van der Waals surface area (Å²) >= 11 is 0. The minimum Gasteiger partial charge on any atom is -0.480 e. The van der Waals surface area contributed by atoms with Gasteiger partial charge in [0.2, 0.25) is 0 Å². The molecule has 6 heteroatoms. The summed E-state index contributed by atoms with van der Waals surface area (Å²) < 4.78 is 6.53. The van der Waals surface area contributed by atoms with Crippen molar-refractivity contribution in [3.8, 4) is 0 Å². The van der Waals surface area contributed by atoms with E-state index in [4.69, 9.17) is 4.74 Å². The normalized spacial score (nSPS) is 12.6. The van der Waals surface area contributed by atoms with E-state index >= 15 is 0 Å². The van der Waals surface area contributed by atoms with E-state index in [9.17, 15) is 9.90 Å². The molecule has 1 atom stereocenters. The van der Waals surface area contributed by atoms with Crippen LogP contribution in [-0.2, 0) is 23.0 Å². The van der Waals surface area contributed by atoms with Gasteiger partial charge in [-0.25, -0.2) is 0 Å². The van der Waals surface area contributed by atoms with Crippen molar-refractivity contribution in [1.82, 2.24) is 15.1 Å². The Morgan fingerprint density at radius 1 is 1.71 bits per heavy atom. The molecule has 2 N–H and O–H groups in total. The molecule has 0 aliphatic rings. The molecule has 0 aliphatic heterocycles. The highest BCUT2D eigenvalue weighted by molar-refractivity contribution is 5.75. The van der Waals surface area contributed by atoms with Crippen LogP contribution in [0.15, 0.2) is 6.20 Å². The van der Waals surface area contributed by atoms with Crippen LogP contribution in [0, 0.1) is 0 Å². The Balaban J connectivity index is 2.85. The third-order valence-electron chi connectivity index (χ3n) is 2.49. The molecule has 1 heterocycles. The summed E-state index contributed by atoms with van der Waals surface area (Å²) in [7, 11) is 3.37. The minimum absolute atomic E-state index is 0.478. The van der Waals surface area contributed by atoms with Crippen LogP contribution in [0.5, 0.6) is 0 Å². The predicted octanol–water partition coefficient (Wildman–Crippen LogP) is 0.344. The Morgan fingerprint density at radius 3 is 2.94 bits per heavy atom. The van der Waals surface area contributed by atoms with Crippen LogP contribution in [0.1, 0.15) is 24.2 Å². The second-order valence-electron chi connectivity index (χ2n) is 3.78. The summed E-state index contributed by atoms with van der Waals surface area (Å²) in [4.78, 5) is 11.2. The Kier molecular flexibility index (Phi) is 5.11. The molecule has 0 amide bonds. The summed E-state index contributed by atoms with van der Waals surface area (Å²) in [5.74, 6) is -0.899. The molecule has 0 fully saturated rings. The number of carbonyl (C=O) groups is 1. The molecule has 0 bridgehead atoms. The van der Waals surface area contributed by atoms with Gasteiger partial charge in [0.15, 0.2) is 0 Å². The molecule has 17 heavy (non-hydrogen) atoms. The Bertz CT molecular complexity index is 376. The van der Waals surface area contributed by atoms with Crippen LogP contribution in [-0.4, -0.2) is 41.1 Å². The molecule has 0 saturated heterocycles. The van der Waals surface area contributed by atoms with Gasteiger partial charge in [0.05, 0.1) is 12.3 Å². The van der Waals surface area contributed by atoms with Gasteiger partial charge in [0.25, 0.3) is 0 Å². The zero-order chi connectivity index (χ0) is 12.8. The molecule has 0 aliphatic carbocycles. The first-order valence-corrected chi connectivity index (χ1v) is 5.57. The van der Waals surface area contributed by atoms with Gasteiger partial charge in [0, 0.05) is 32.5 Å². The Labute approximate surface area is 101 Å². The lowest BCUT2D eigenvalue weighted by Gasteiger charge is -2.13. The van der Waals surface area contributed by atoms with Crippen LogP contribution < -0.4 is 5.32 Å². The van der Waals surface area contributed by atoms with Gasteiger partial charge >= 0.3 is 5.97 Å². The van der Waals surface area contributed by atoms with E-state index in [-0.39, 0.29) is 0 Å². The van der Waals surface area contributed by atoms with Crippen molar-refractivity contribution in [2.24, 2.45) is 7.05 Å². The number of aliphatic carboxylic acids is 1. The summed E-state index contributed by atoms with van der Waals surface area (Å²) in [6, 6.07) is -0.728. The Morgan fingerprint density at radius 2 is 2.41 bits per heavy atom. The van der Waals surface area contributed by atoms with Gasteiger partial charge in [-0.15, -0.1) is 0 Å². The van der Waals surface area contributed by atoms with Crippen molar-refractivity contribution in [2.75, 3.05) is 20.3 Å². The van der Waals surface area contributed by atoms with Crippen molar-refractivity contribution in [3.63, 3.8) is 0 Å². The van der Waals surface area contributed by atoms with Crippen molar-refractivity contribution in [2.45, 2.75) is 19.4 Å². The minimum atomic E-state index is -0.899. The first kappa shape index (κ1) is 13.7. The maximum atomic E-state index is 11.2. The molecule has 0 saturated carbocycles. The smallest absolute Gasteiger partial charge is 0.325 e. The number of rotatable bonds is 7. The van der Waals surface area contributed by atoms with Crippen LogP contribution in [0.4, 0.5) is 0 Å². The highest BCUT2D eigenvalue weighted by atomic mass is 16.5. The third-order valence-corrected chi connectivity index (χ3v) is 2.49. The standard InChI is InChI=1S/C11H19N3O3/c1-4-9-8(7-14(2)13-9)10(11(15)16)12-5-6-17-3/h7,10,12H,4-6H2,1-3H3,(H,15,16). The van der Waals surface area contributed by atoms with Gasteiger partial charge in [-0.1, -0.05) is 6.92 Å². The second kappa shape index (κ2) is 6.36. The molecule has 0 radical (unpaired) electrons. The zero-order valence-electron chi connectivity index (χ0n) is 10.4. The van der Waals surface area contributed by atoms with Crippen molar-refractivity contribution >= 4 is 5.97 Å². The number of carboxylic acids is 1. The van der Waals surface area contributed by atoms with Crippen LogP contribution in [0.3, 0.4) is 0 Å². The lowest BCUT2D eigenvalue weighted by atomic mass is 10.1.